The molecule has 0 spiro atoms. The predicted octanol–water partition coefficient (Wildman–Crippen LogP) is 1.49. The number of aliphatic hydroxyl groups excluding tert-OH is 1. The molecule has 12 heavy (non-hydrogen) atoms. The third-order valence-corrected chi connectivity index (χ3v) is 2.33. The summed E-state index contributed by atoms with van der Waals surface area (Å²) in [6.45, 7) is 4.05. The summed E-state index contributed by atoms with van der Waals surface area (Å²) in [6.07, 6.45) is 0.538. The fourth-order valence-electron chi connectivity index (χ4n) is 0.846. The molecule has 1 aromatic heterocycles. The Bertz CT molecular complexity index is 319. The Labute approximate surface area is 76.3 Å². The molecule has 0 aliphatic carbocycles. The summed E-state index contributed by atoms with van der Waals surface area (Å²) in [4.78, 5) is 5.26. The fraction of sp³-hybridized carbons (Fsp3) is 0.444. The van der Waals surface area contributed by atoms with Gasteiger partial charge in [-0.25, -0.2) is 4.98 Å². The molecule has 0 radical (unpaired) electrons. The van der Waals surface area contributed by atoms with Crippen LogP contribution in [0.1, 0.15) is 22.0 Å². The van der Waals surface area contributed by atoms with Crippen molar-refractivity contribution in [2.45, 2.75) is 20.3 Å². The molecule has 0 aliphatic rings. The predicted molar refractivity (Wildman–Crippen MR) is 50.2 cm³/mol. The molecule has 0 unspecified atom stereocenters. The SMILES string of the molecule is Cc1nc(C)c(C#CCCO)s1. The van der Waals surface area contributed by atoms with Crippen molar-refractivity contribution in [1.29, 1.82) is 0 Å². The van der Waals surface area contributed by atoms with E-state index in [1.54, 1.807) is 11.3 Å². The number of thiazole rings is 1. The van der Waals surface area contributed by atoms with Crippen LogP contribution in [-0.2, 0) is 0 Å². The van der Waals surface area contributed by atoms with E-state index >= 15 is 0 Å². The molecule has 1 rings (SSSR count). The van der Waals surface area contributed by atoms with E-state index in [1.807, 2.05) is 13.8 Å². The molecule has 1 N–H and O–H groups in total. The van der Waals surface area contributed by atoms with Gasteiger partial charge in [-0.2, -0.15) is 0 Å². The monoisotopic (exact) mass is 181 g/mol. The average molecular weight is 181 g/mol. The van der Waals surface area contributed by atoms with E-state index in [1.165, 1.54) is 0 Å². The molecule has 64 valence electrons. The number of aromatic nitrogens is 1. The highest BCUT2D eigenvalue weighted by Crippen LogP contribution is 2.15. The zero-order valence-corrected chi connectivity index (χ0v) is 8.03. The second-order valence-electron chi connectivity index (χ2n) is 2.42. The number of rotatable bonds is 1. The summed E-state index contributed by atoms with van der Waals surface area (Å²) in [5, 5.41) is 9.55. The first-order valence-corrected chi connectivity index (χ1v) is 4.59. The zero-order chi connectivity index (χ0) is 8.97. The van der Waals surface area contributed by atoms with Crippen molar-refractivity contribution in [2.24, 2.45) is 0 Å². The Morgan fingerprint density at radius 2 is 2.25 bits per heavy atom. The van der Waals surface area contributed by atoms with E-state index < -0.39 is 0 Å². The molecule has 1 heterocycles. The maximum absolute atomic E-state index is 8.50. The van der Waals surface area contributed by atoms with Gasteiger partial charge in [0.2, 0.25) is 0 Å². The van der Waals surface area contributed by atoms with Gasteiger partial charge < -0.3 is 5.11 Å². The molecule has 3 heteroatoms. The summed E-state index contributed by atoms with van der Waals surface area (Å²) in [5.41, 5.74) is 0.989. The molecule has 1 aromatic rings. The van der Waals surface area contributed by atoms with E-state index in [0.717, 1.165) is 15.6 Å². The molecule has 0 fully saturated rings. The van der Waals surface area contributed by atoms with Crippen molar-refractivity contribution >= 4 is 11.3 Å². The Morgan fingerprint density at radius 3 is 2.75 bits per heavy atom. The van der Waals surface area contributed by atoms with Gasteiger partial charge in [0.05, 0.1) is 22.2 Å². The normalized spacial score (nSPS) is 9.25. The lowest BCUT2D eigenvalue weighted by Gasteiger charge is -1.81. The summed E-state index contributed by atoms with van der Waals surface area (Å²) in [6, 6.07) is 0. The molecular formula is C9H11NOS. The molecule has 0 amide bonds. The van der Waals surface area contributed by atoms with Gasteiger partial charge in [0.15, 0.2) is 0 Å². The van der Waals surface area contributed by atoms with Crippen LogP contribution in [0.15, 0.2) is 0 Å². The van der Waals surface area contributed by atoms with E-state index in [0.29, 0.717) is 6.42 Å². The average Bonchev–Trinajstić information content (AvgIpc) is 2.31. The maximum Gasteiger partial charge on any atom is 0.0998 e. The second-order valence-corrected chi connectivity index (χ2v) is 3.63. The van der Waals surface area contributed by atoms with Crippen LogP contribution in [0.25, 0.3) is 0 Å². The molecule has 0 atom stereocenters. The van der Waals surface area contributed by atoms with E-state index in [4.69, 9.17) is 5.11 Å². The van der Waals surface area contributed by atoms with Crippen LogP contribution >= 0.6 is 11.3 Å². The minimum atomic E-state index is 0.129. The standard InChI is InChI=1S/C9H11NOS/c1-7-9(5-3-4-6-11)12-8(2)10-7/h11H,4,6H2,1-2H3. The molecular weight excluding hydrogens is 170 g/mol. The van der Waals surface area contributed by atoms with Gasteiger partial charge in [-0.15, -0.1) is 11.3 Å². The lowest BCUT2D eigenvalue weighted by atomic mass is 10.3. The van der Waals surface area contributed by atoms with Crippen molar-refractivity contribution in [2.75, 3.05) is 6.61 Å². The molecule has 0 saturated carbocycles. The number of nitrogens with zero attached hydrogens (tertiary/aromatic N) is 1. The summed E-state index contributed by atoms with van der Waals surface area (Å²) in [5.74, 6) is 5.86. The molecule has 0 aromatic carbocycles. The Hall–Kier alpha value is -0.850. The van der Waals surface area contributed by atoms with Gasteiger partial charge in [0.1, 0.15) is 0 Å². The number of aliphatic hydroxyl groups is 1. The Morgan fingerprint density at radius 1 is 1.50 bits per heavy atom. The summed E-state index contributed by atoms with van der Waals surface area (Å²) >= 11 is 1.60. The fourth-order valence-corrected chi connectivity index (χ4v) is 1.64. The quantitative estimate of drug-likeness (QED) is 0.666. The van der Waals surface area contributed by atoms with Crippen LogP contribution in [0.2, 0.25) is 0 Å². The zero-order valence-electron chi connectivity index (χ0n) is 7.22. The van der Waals surface area contributed by atoms with Gasteiger partial charge in [0, 0.05) is 6.42 Å². The largest absolute Gasteiger partial charge is 0.395 e. The summed E-state index contributed by atoms with van der Waals surface area (Å²) in [7, 11) is 0. The smallest absolute Gasteiger partial charge is 0.0998 e. The highest BCUT2D eigenvalue weighted by molar-refractivity contribution is 7.12. The number of hydrogen-bond acceptors (Lipinski definition) is 3. The van der Waals surface area contributed by atoms with Crippen molar-refractivity contribution < 1.29 is 5.11 Å². The van der Waals surface area contributed by atoms with Crippen molar-refractivity contribution in [3.05, 3.63) is 15.6 Å². The third kappa shape index (κ3) is 2.33. The van der Waals surface area contributed by atoms with Crippen molar-refractivity contribution in [3.63, 3.8) is 0 Å². The van der Waals surface area contributed by atoms with Crippen LogP contribution in [0.4, 0.5) is 0 Å². The molecule has 0 aliphatic heterocycles. The maximum atomic E-state index is 8.50. The van der Waals surface area contributed by atoms with Crippen molar-refractivity contribution in [1.82, 2.24) is 4.98 Å². The van der Waals surface area contributed by atoms with Crippen LogP contribution < -0.4 is 0 Å². The highest BCUT2D eigenvalue weighted by atomic mass is 32.1. The van der Waals surface area contributed by atoms with Gasteiger partial charge in [-0.05, 0) is 13.8 Å². The van der Waals surface area contributed by atoms with Crippen LogP contribution in [0.5, 0.6) is 0 Å². The first-order valence-electron chi connectivity index (χ1n) is 3.78. The number of hydrogen-bond donors (Lipinski definition) is 1. The van der Waals surface area contributed by atoms with Crippen LogP contribution in [-0.4, -0.2) is 16.7 Å². The van der Waals surface area contributed by atoms with Gasteiger partial charge in [0.25, 0.3) is 0 Å². The van der Waals surface area contributed by atoms with Crippen LogP contribution in [0.3, 0.4) is 0 Å². The number of aryl methyl sites for hydroxylation is 2. The van der Waals surface area contributed by atoms with Gasteiger partial charge >= 0.3 is 0 Å². The summed E-state index contributed by atoms with van der Waals surface area (Å²) < 4.78 is 0. The third-order valence-electron chi connectivity index (χ3n) is 1.34. The minimum absolute atomic E-state index is 0.129. The Kier molecular flexibility index (Phi) is 3.27. The van der Waals surface area contributed by atoms with Gasteiger partial charge in [-0.3, -0.25) is 0 Å². The van der Waals surface area contributed by atoms with Gasteiger partial charge in [-0.1, -0.05) is 11.8 Å². The van der Waals surface area contributed by atoms with E-state index in [2.05, 4.69) is 16.8 Å². The molecule has 2 nitrogen and oxygen atoms in total. The second kappa shape index (κ2) is 4.24. The van der Waals surface area contributed by atoms with E-state index in [9.17, 15) is 0 Å². The lowest BCUT2D eigenvalue weighted by Crippen LogP contribution is -1.77. The Balaban J connectivity index is 2.76. The first kappa shape index (κ1) is 9.24. The van der Waals surface area contributed by atoms with Crippen LogP contribution in [0, 0.1) is 25.7 Å². The molecule has 0 bridgehead atoms. The highest BCUT2D eigenvalue weighted by Gasteiger charge is 1.99. The lowest BCUT2D eigenvalue weighted by molar-refractivity contribution is 0.305. The topological polar surface area (TPSA) is 33.1 Å². The van der Waals surface area contributed by atoms with Crippen molar-refractivity contribution in [3.8, 4) is 11.8 Å². The molecule has 0 saturated heterocycles. The minimum Gasteiger partial charge on any atom is -0.395 e. The van der Waals surface area contributed by atoms with E-state index in [-0.39, 0.29) is 6.61 Å². The first-order chi connectivity index (χ1) is 5.74.